The molecule has 2 N–H and O–H groups in total. The Balaban J connectivity index is 1.48. The standard InChI is InChI=1S/C26H23FN6O/c1-26(2)15-30-21-14-18(7-8-19(21)26)32-25(34)17-6-9-20(27)22(13-17)33(23-5-3-4-11-29-23)24-10-12-28-16-31-24/h3-14,16,30H,15H2,1-2H3,(H,32,34). The van der Waals surface area contributed by atoms with Crippen LogP contribution < -0.4 is 15.5 Å². The second kappa shape index (κ2) is 8.55. The summed E-state index contributed by atoms with van der Waals surface area (Å²) in [5.74, 6) is 0.0364. The lowest BCUT2D eigenvalue weighted by Gasteiger charge is -2.23. The number of amides is 1. The van der Waals surface area contributed by atoms with Crippen LogP contribution in [-0.2, 0) is 5.41 Å². The van der Waals surface area contributed by atoms with Crippen molar-refractivity contribution in [1.82, 2.24) is 15.0 Å². The van der Waals surface area contributed by atoms with E-state index in [1.54, 1.807) is 41.6 Å². The molecule has 1 amide bonds. The summed E-state index contributed by atoms with van der Waals surface area (Å²) < 4.78 is 15.1. The highest BCUT2D eigenvalue weighted by atomic mass is 19.1. The van der Waals surface area contributed by atoms with Crippen LogP contribution in [0.4, 0.5) is 33.1 Å². The number of benzene rings is 2. The van der Waals surface area contributed by atoms with E-state index in [1.165, 1.54) is 30.1 Å². The van der Waals surface area contributed by atoms with Gasteiger partial charge in [0.15, 0.2) is 0 Å². The minimum Gasteiger partial charge on any atom is -0.384 e. The van der Waals surface area contributed by atoms with Crippen molar-refractivity contribution in [1.29, 1.82) is 0 Å². The van der Waals surface area contributed by atoms with Gasteiger partial charge in [0.1, 0.15) is 23.8 Å². The van der Waals surface area contributed by atoms with E-state index in [-0.39, 0.29) is 17.0 Å². The van der Waals surface area contributed by atoms with Crippen LogP contribution in [0, 0.1) is 5.82 Å². The van der Waals surface area contributed by atoms with Crippen LogP contribution in [0.5, 0.6) is 0 Å². The van der Waals surface area contributed by atoms with Crippen molar-refractivity contribution in [2.45, 2.75) is 19.3 Å². The van der Waals surface area contributed by atoms with E-state index in [0.717, 1.165) is 12.2 Å². The van der Waals surface area contributed by atoms with E-state index >= 15 is 4.39 Å². The number of nitrogens with zero attached hydrogens (tertiary/aromatic N) is 4. The predicted molar refractivity (Wildman–Crippen MR) is 130 cm³/mol. The maximum absolute atomic E-state index is 15.1. The van der Waals surface area contributed by atoms with Crippen molar-refractivity contribution >= 4 is 34.6 Å². The molecular formula is C26H23FN6O. The minimum atomic E-state index is -0.509. The monoisotopic (exact) mass is 454 g/mol. The van der Waals surface area contributed by atoms with Crippen LogP contribution >= 0.6 is 0 Å². The van der Waals surface area contributed by atoms with E-state index in [0.29, 0.717) is 22.9 Å². The number of hydrogen-bond acceptors (Lipinski definition) is 6. The molecule has 0 spiro atoms. The Hall–Kier alpha value is -4.33. The molecule has 0 unspecified atom stereocenters. The van der Waals surface area contributed by atoms with Gasteiger partial charge in [-0.3, -0.25) is 9.69 Å². The average Bonchev–Trinajstić information content (AvgIpc) is 3.15. The molecule has 170 valence electrons. The van der Waals surface area contributed by atoms with Gasteiger partial charge in [-0.2, -0.15) is 0 Å². The number of aromatic nitrogens is 3. The van der Waals surface area contributed by atoms with E-state index < -0.39 is 5.82 Å². The zero-order valence-corrected chi connectivity index (χ0v) is 18.8. The van der Waals surface area contributed by atoms with E-state index in [9.17, 15) is 4.79 Å². The zero-order valence-electron chi connectivity index (χ0n) is 18.8. The van der Waals surface area contributed by atoms with Crippen LogP contribution in [-0.4, -0.2) is 27.4 Å². The number of nitrogens with one attached hydrogen (secondary N) is 2. The number of rotatable bonds is 5. The number of halogens is 1. The molecule has 2 aromatic heterocycles. The zero-order chi connectivity index (χ0) is 23.7. The summed E-state index contributed by atoms with van der Waals surface area (Å²) in [5, 5.41) is 6.30. The highest BCUT2D eigenvalue weighted by Gasteiger charge is 2.29. The van der Waals surface area contributed by atoms with Gasteiger partial charge >= 0.3 is 0 Å². The molecule has 0 radical (unpaired) electrons. The summed E-state index contributed by atoms with van der Waals surface area (Å²) in [6.07, 6.45) is 4.56. The first-order valence-electron chi connectivity index (χ1n) is 10.9. The highest BCUT2D eigenvalue weighted by molar-refractivity contribution is 6.05. The van der Waals surface area contributed by atoms with E-state index in [4.69, 9.17) is 0 Å². The Kier molecular flexibility index (Phi) is 5.41. The lowest BCUT2D eigenvalue weighted by molar-refractivity contribution is 0.102. The summed E-state index contributed by atoms with van der Waals surface area (Å²) in [4.78, 5) is 27.2. The van der Waals surface area contributed by atoms with Crippen molar-refractivity contribution < 1.29 is 9.18 Å². The molecule has 3 heterocycles. The van der Waals surface area contributed by atoms with Gasteiger partial charge in [-0.25, -0.2) is 19.3 Å². The van der Waals surface area contributed by atoms with Crippen molar-refractivity contribution in [3.8, 4) is 0 Å². The van der Waals surface area contributed by atoms with Crippen LogP contribution in [0.15, 0.2) is 79.4 Å². The first kappa shape index (κ1) is 21.5. The van der Waals surface area contributed by atoms with Gasteiger partial charge in [-0.05, 0) is 54.1 Å². The summed E-state index contributed by atoms with van der Waals surface area (Å²) >= 11 is 0. The number of anilines is 5. The topological polar surface area (TPSA) is 83.0 Å². The fourth-order valence-electron chi connectivity index (χ4n) is 4.06. The second-order valence-corrected chi connectivity index (χ2v) is 8.71. The van der Waals surface area contributed by atoms with Crippen LogP contribution in [0.3, 0.4) is 0 Å². The number of fused-ring (bicyclic) bond motifs is 1. The Morgan fingerprint density at radius 3 is 2.65 bits per heavy atom. The van der Waals surface area contributed by atoms with Crippen molar-refractivity contribution in [3.05, 3.63) is 96.3 Å². The molecular weight excluding hydrogens is 431 g/mol. The summed E-state index contributed by atoms with van der Waals surface area (Å²) in [7, 11) is 0. The summed E-state index contributed by atoms with van der Waals surface area (Å²) in [6.45, 7) is 5.19. The average molecular weight is 455 g/mol. The fraction of sp³-hybridized carbons (Fsp3) is 0.154. The molecule has 0 saturated carbocycles. The van der Waals surface area contributed by atoms with Gasteiger partial charge in [0.05, 0.1) is 5.69 Å². The third-order valence-electron chi connectivity index (χ3n) is 5.85. The van der Waals surface area contributed by atoms with E-state index in [2.05, 4.69) is 39.4 Å². The Bertz CT molecular complexity index is 1300. The Morgan fingerprint density at radius 1 is 1.03 bits per heavy atom. The third-order valence-corrected chi connectivity index (χ3v) is 5.85. The van der Waals surface area contributed by atoms with Gasteiger partial charge in [0, 0.05) is 41.3 Å². The van der Waals surface area contributed by atoms with Crippen LogP contribution in [0.25, 0.3) is 0 Å². The number of hydrogen-bond donors (Lipinski definition) is 2. The SMILES string of the molecule is CC1(C)CNc2cc(NC(=O)c3ccc(F)c(N(c4ccccn4)c4ccncn4)c3)ccc21. The van der Waals surface area contributed by atoms with Gasteiger partial charge < -0.3 is 10.6 Å². The molecule has 5 rings (SSSR count). The molecule has 8 heteroatoms. The first-order valence-corrected chi connectivity index (χ1v) is 10.9. The minimum absolute atomic E-state index is 0.0413. The Labute approximate surface area is 196 Å². The molecule has 0 bridgehead atoms. The quantitative estimate of drug-likeness (QED) is 0.418. The summed E-state index contributed by atoms with van der Waals surface area (Å²) in [6, 6.07) is 17.0. The highest BCUT2D eigenvalue weighted by Crippen LogP contribution is 2.38. The van der Waals surface area contributed by atoms with E-state index in [1.807, 2.05) is 18.2 Å². The normalized spacial score (nSPS) is 13.6. The molecule has 0 atom stereocenters. The second-order valence-electron chi connectivity index (χ2n) is 8.71. The molecule has 7 nitrogen and oxygen atoms in total. The van der Waals surface area contributed by atoms with Gasteiger partial charge in [0.25, 0.3) is 5.91 Å². The number of carbonyl (C=O) groups is 1. The molecule has 1 aliphatic rings. The van der Waals surface area contributed by atoms with Crippen molar-refractivity contribution in [3.63, 3.8) is 0 Å². The lowest BCUT2D eigenvalue weighted by Crippen LogP contribution is -2.18. The lowest BCUT2D eigenvalue weighted by atomic mass is 9.87. The van der Waals surface area contributed by atoms with Crippen molar-refractivity contribution in [2.24, 2.45) is 0 Å². The van der Waals surface area contributed by atoms with Crippen molar-refractivity contribution in [2.75, 3.05) is 22.1 Å². The van der Waals surface area contributed by atoms with Crippen LogP contribution in [0.2, 0.25) is 0 Å². The molecule has 0 aliphatic carbocycles. The third kappa shape index (κ3) is 4.05. The fourth-order valence-corrected chi connectivity index (χ4v) is 4.06. The molecule has 0 fully saturated rings. The Morgan fingerprint density at radius 2 is 1.88 bits per heavy atom. The van der Waals surface area contributed by atoms with Gasteiger partial charge in [-0.1, -0.05) is 26.0 Å². The van der Waals surface area contributed by atoms with Gasteiger partial charge in [-0.15, -0.1) is 0 Å². The molecule has 34 heavy (non-hydrogen) atoms. The summed E-state index contributed by atoms with van der Waals surface area (Å²) in [5.41, 5.74) is 3.39. The maximum Gasteiger partial charge on any atom is 0.255 e. The molecule has 4 aromatic rings. The number of carbonyl (C=O) groups excluding carboxylic acids is 1. The molecule has 1 aliphatic heterocycles. The molecule has 2 aromatic carbocycles. The predicted octanol–water partition coefficient (Wildman–Crippen LogP) is 5.44. The maximum atomic E-state index is 15.1. The smallest absolute Gasteiger partial charge is 0.255 e. The largest absolute Gasteiger partial charge is 0.384 e. The number of pyridine rings is 1. The van der Waals surface area contributed by atoms with Gasteiger partial charge in [0.2, 0.25) is 0 Å². The molecule has 0 saturated heterocycles. The first-order chi connectivity index (χ1) is 16.4. The van der Waals surface area contributed by atoms with Crippen LogP contribution in [0.1, 0.15) is 29.8 Å².